The second-order valence-corrected chi connectivity index (χ2v) is 3.50. The van der Waals surface area contributed by atoms with Gasteiger partial charge in [-0.2, -0.15) is 0 Å². The summed E-state index contributed by atoms with van der Waals surface area (Å²) in [5.41, 5.74) is 5.66. The van der Waals surface area contributed by atoms with Gasteiger partial charge in [0.15, 0.2) is 0 Å². The molecule has 1 aliphatic rings. The Hall–Kier alpha value is -0.340. The molecular weight excluding hydrogens is 130 g/mol. The SMILES string of the molecule is N[C@H]1C[C@@H]1c1cccs1. The molecule has 0 amide bonds. The predicted molar refractivity (Wildman–Crippen MR) is 39.7 cm³/mol. The lowest BCUT2D eigenvalue weighted by molar-refractivity contribution is 1.01. The Balaban J connectivity index is 2.18. The fourth-order valence-electron chi connectivity index (χ4n) is 1.04. The third kappa shape index (κ3) is 0.884. The highest BCUT2D eigenvalue weighted by Crippen LogP contribution is 2.40. The van der Waals surface area contributed by atoms with Crippen LogP contribution in [0.5, 0.6) is 0 Å². The molecule has 0 unspecified atom stereocenters. The molecule has 2 rings (SSSR count). The van der Waals surface area contributed by atoms with Crippen LogP contribution < -0.4 is 5.73 Å². The molecule has 1 nitrogen and oxygen atoms in total. The molecule has 1 aromatic rings. The lowest BCUT2D eigenvalue weighted by Crippen LogP contribution is -1.99. The maximum atomic E-state index is 5.66. The molecule has 1 aromatic heterocycles. The molecular formula is C7H9NS. The molecule has 0 saturated heterocycles. The van der Waals surface area contributed by atoms with Crippen molar-refractivity contribution >= 4 is 11.3 Å². The van der Waals surface area contributed by atoms with E-state index in [4.69, 9.17) is 5.73 Å². The zero-order valence-corrected chi connectivity index (χ0v) is 5.90. The van der Waals surface area contributed by atoms with Crippen LogP contribution in [0.25, 0.3) is 0 Å². The Bertz CT molecular complexity index is 193. The molecule has 2 atom stereocenters. The largest absolute Gasteiger partial charge is 0.327 e. The fraction of sp³-hybridized carbons (Fsp3) is 0.429. The van der Waals surface area contributed by atoms with Gasteiger partial charge in [0.2, 0.25) is 0 Å². The van der Waals surface area contributed by atoms with Gasteiger partial charge in [0.25, 0.3) is 0 Å². The van der Waals surface area contributed by atoms with Crippen molar-refractivity contribution in [3.8, 4) is 0 Å². The first-order valence-corrected chi connectivity index (χ1v) is 4.05. The van der Waals surface area contributed by atoms with Gasteiger partial charge in [-0.1, -0.05) is 6.07 Å². The summed E-state index contributed by atoms with van der Waals surface area (Å²) in [6.45, 7) is 0. The molecule has 2 N–H and O–H groups in total. The second kappa shape index (κ2) is 1.82. The summed E-state index contributed by atoms with van der Waals surface area (Å²) in [7, 11) is 0. The third-order valence-corrected chi connectivity index (χ3v) is 2.75. The first-order chi connectivity index (χ1) is 4.38. The van der Waals surface area contributed by atoms with Crippen molar-refractivity contribution in [2.75, 3.05) is 0 Å². The summed E-state index contributed by atoms with van der Waals surface area (Å²) in [4.78, 5) is 1.46. The van der Waals surface area contributed by atoms with Gasteiger partial charge >= 0.3 is 0 Å². The lowest BCUT2D eigenvalue weighted by Gasteiger charge is -1.86. The minimum atomic E-state index is 0.462. The molecule has 0 aliphatic heterocycles. The van der Waals surface area contributed by atoms with E-state index in [2.05, 4.69) is 17.5 Å². The quantitative estimate of drug-likeness (QED) is 0.628. The molecule has 1 saturated carbocycles. The van der Waals surface area contributed by atoms with Crippen LogP contribution in [0.15, 0.2) is 17.5 Å². The maximum Gasteiger partial charge on any atom is 0.0123 e. The number of thiophene rings is 1. The zero-order chi connectivity index (χ0) is 6.27. The molecule has 2 heteroatoms. The summed E-state index contributed by atoms with van der Waals surface area (Å²) < 4.78 is 0. The fourth-order valence-corrected chi connectivity index (χ4v) is 1.96. The van der Waals surface area contributed by atoms with Crippen molar-refractivity contribution in [2.24, 2.45) is 5.73 Å². The van der Waals surface area contributed by atoms with Gasteiger partial charge in [0.1, 0.15) is 0 Å². The molecule has 0 bridgehead atoms. The van der Waals surface area contributed by atoms with Crippen LogP contribution >= 0.6 is 11.3 Å². The molecule has 1 fully saturated rings. The van der Waals surface area contributed by atoms with Gasteiger partial charge in [-0.05, 0) is 17.9 Å². The van der Waals surface area contributed by atoms with Crippen LogP contribution in [0.4, 0.5) is 0 Å². The summed E-state index contributed by atoms with van der Waals surface area (Å²) in [6, 6.07) is 4.72. The van der Waals surface area contributed by atoms with E-state index < -0.39 is 0 Å². The standard InChI is InChI=1S/C7H9NS/c8-6-4-5(6)7-2-1-3-9-7/h1-3,5-6H,4,8H2/t5-,6-/m0/s1. The molecule has 9 heavy (non-hydrogen) atoms. The van der Waals surface area contributed by atoms with Gasteiger partial charge < -0.3 is 5.73 Å². The number of hydrogen-bond donors (Lipinski definition) is 1. The zero-order valence-electron chi connectivity index (χ0n) is 5.08. The van der Waals surface area contributed by atoms with E-state index in [0.29, 0.717) is 12.0 Å². The van der Waals surface area contributed by atoms with Crippen LogP contribution in [-0.2, 0) is 0 Å². The third-order valence-electron chi connectivity index (χ3n) is 1.75. The normalized spacial score (nSPS) is 32.6. The first-order valence-electron chi connectivity index (χ1n) is 3.17. The van der Waals surface area contributed by atoms with Crippen LogP contribution in [0.3, 0.4) is 0 Å². The average Bonchev–Trinajstić information content (AvgIpc) is 2.44. The Morgan fingerprint density at radius 2 is 2.44 bits per heavy atom. The minimum absolute atomic E-state index is 0.462. The Kier molecular flexibility index (Phi) is 1.10. The van der Waals surface area contributed by atoms with Crippen molar-refractivity contribution in [2.45, 2.75) is 18.4 Å². The van der Waals surface area contributed by atoms with Crippen LogP contribution in [0.2, 0.25) is 0 Å². The van der Waals surface area contributed by atoms with Crippen molar-refractivity contribution < 1.29 is 0 Å². The van der Waals surface area contributed by atoms with E-state index in [1.807, 2.05) is 11.3 Å². The van der Waals surface area contributed by atoms with Crippen LogP contribution in [0.1, 0.15) is 17.2 Å². The molecule has 1 aliphatic carbocycles. The van der Waals surface area contributed by atoms with Crippen molar-refractivity contribution in [1.82, 2.24) is 0 Å². The maximum absolute atomic E-state index is 5.66. The lowest BCUT2D eigenvalue weighted by atomic mass is 10.3. The van der Waals surface area contributed by atoms with Gasteiger partial charge in [-0.15, -0.1) is 11.3 Å². The summed E-state index contributed by atoms with van der Waals surface area (Å²) in [5.74, 6) is 0.699. The van der Waals surface area contributed by atoms with Gasteiger partial charge in [0, 0.05) is 16.8 Å². The molecule has 0 radical (unpaired) electrons. The highest BCUT2D eigenvalue weighted by Gasteiger charge is 2.35. The minimum Gasteiger partial charge on any atom is -0.327 e. The van der Waals surface area contributed by atoms with Gasteiger partial charge in [-0.25, -0.2) is 0 Å². The Morgan fingerprint density at radius 3 is 2.89 bits per heavy atom. The van der Waals surface area contributed by atoms with E-state index in [9.17, 15) is 0 Å². The topological polar surface area (TPSA) is 26.0 Å². The average molecular weight is 139 g/mol. The smallest absolute Gasteiger partial charge is 0.0123 e. The molecule has 1 heterocycles. The first kappa shape index (κ1) is 5.45. The van der Waals surface area contributed by atoms with Crippen LogP contribution in [-0.4, -0.2) is 6.04 Å². The molecule has 0 aromatic carbocycles. The van der Waals surface area contributed by atoms with Crippen molar-refractivity contribution in [1.29, 1.82) is 0 Å². The van der Waals surface area contributed by atoms with Gasteiger partial charge in [0.05, 0.1) is 0 Å². The Morgan fingerprint density at radius 1 is 1.67 bits per heavy atom. The highest BCUT2D eigenvalue weighted by molar-refractivity contribution is 7.10. The monoisotopic (exact) mass is 139 g/mol. The van der Waals surface area contributed by atoms with Crippen molar-refractivity contribution in [3.05, 3.63) is 22.4 Å². The van der Waals surface area contributed by atoms with E-state index in [1.54, 1.807) is 0 Å². The van der Waals surface area contributed by atoms with E-state index in [-0.39, 0.29) is 0 Å². The number of nitrogens with two attached hydrogens (primary N) is 1. The van der Waals surface area contributed by atoms with E-state index in [0.717, 1.165) is 0 Å². The predicted octanol–water partition coefficient (Wildman–Crippen LogP) is 1.56. The summed E-state index contributed by atoms with van der Waals surface area (Å²) >= 11 is 1.82. The number of rotatable bonds is 1. The number of hydrogen-bond acceptors (Lipinski definition) is 2. The van der Waals surface area contributed by atoms with E-state index in [1.165, 1.54) is 11.3 Å². The summed E-state index contributed by atoms with van der Waals surface area (Å²) in [5, 5.41) is 2.11. The van der Waals surface area contributed by atoms with Crippen molar-refractivity contribution in [3.63, 3.8) is 0 Å². The highest BCUT2D eigenvalue weighted by atomic mass is 32.1. The second-order valence-electron chi connectivity index (χ2n) is 2.52. The van der Waals surface area contributed by atoms with Crippen LogP contribution in [0, 0.1) is 0 Å². The Labute approximate surface area is 58.5 Å². The molecule has 48 valence electrons. The summed E-state index contributed by atoms with van der Waals surface area (Å²) in [6.07, 6.45) is 1.19. The van der Waals surface area contributed by atoms with E-state index >= 15 is 0 Å². The van der Waals surface area contributed by atoms with Gasteiger partial charge in [-0.3, -0.25) is 0 Å². The molecule has 0 spiro atoms.